The lowest BCUT2D eigenvalue weighted by molar-refractivity contribution is 0.332. The van der Waals surface area contributed by atoms with Gasteiger partial charge in [0.25, 0.3) is 0 Å². The second-order valence-corrected chi connectivity index (χ2v) is 7.71. The normalized spacial score (nSPS) is 19.2. The van der Waals surface area contributed by atoms with E-state index in [0.717, 1.165) is 24.8 Å². The van der Waals surface area contributed by atoms with Crippen LogP contribution >= 0.6 is 11.6 Å². The third-order valence-corrected chi connectivity index (χ3v) is 5.75. The molecule has 1 fully saturated rings. The highest BCUT2D eigenvalue weighted by molar-refractivity contribution is 6.17. The van der Waals surface area contributed by atoms with E-state index in [0.29, 0.717) is 22.4 Å². The van der Waals surface area contributed by atoms with Crippen LogP contribution in [-0.2, 0) is 5.88 Å². The maximum atomic E-state index is 14.6. The van der Waals surface area contributed by atoms with Crippen molar-refractivity contribution in [3.63, 3.8) is 0 Å². The average molecular weight is 365 g/mol. The van der Waals surface area contributed by atoms with Crippen molar-refractivity contribution in [2.45, 2.75) is 44.9 Å². The fourth-order valence-electron chi connectivity index (χ4n) is 4.00. The summed E-state index contributed by atoms with van der Waals surface area (Å²) in [5.74, 6) is 0.125. The number of halogens is 3. The molecule has 1 atom stereocenters. The van der Waals surface area contributed by atoms with Crippen LogP contribution in [0.4, 0.5) is 8.78 Å². The van der Waals surface area contributed by atoms with Gasteiger partial charge in [-0.15, -0.1) is 11.6 Å². The van der Waals surface area contributed by atoms with Crippen molar-refractivity contribution in [2.75, 3.05) is 7.11 Å². The van der Waals surface area contributed by atoms with Gasteiger partial charge in [-0.3, -0.25) is 0 Å². The van der Waals surface area contributed by atoms with E-state index in [9.17, 15) is 8.78 Å². The number of benzene rings is 2. The van der Waals surface area contributed by atoms with Gasteiger partial charge >= 0.3 is 0 Å². The van der Waals surface area contributed by atoms with Gasteiger partial charge in [-0.1, -0.05) is 26.3 Å². The monoisotopic (exact) mass is 364 g/mol. The Morgan fingerprint density at radius 3 is 2.48 bits per heavy atom. The molecule has 0 aliphatic heterocycles. The Hall–Kier alpha value is -1.61. The minimum absolute atomic E-state index is 0.0888. The van der Waals surface area contributed by atoms with E-state index in [2.05, 4.69) is 13.8 Å². The predicted octanol–water partition coefficient (Wildman–Crippen LogP) is 6.67. The van der Waals surface area contributed by atoms with Gasteiger partial charge in [0.05, 0.1) is 13.0 Å². The second-order valence-electron chi connectivity index (χ2n) is 7.44. The van der Waals surface area contributed by atoms with Gasteiger partial charge in [0.15, 0.2) is 0 Å². The van der Waals surface area contributed by atoms with Gasteiger partial charge in [0.2, 0.25) is 0 Å². The van der Waals surface area contributed by atoms with Crippen molar-refractivity contribution in [3.05, 3.63) is 53.1 Å². The number of ether oxygens (including phenoxy) is 1. The first-order valence-corrected chi connectivity index (χ1v) is 9.13. The predicted molar refractivity (Wildman–Crippen MR) is 98.3 cm³/mol. The van der Waals surface area contributed by atoms with E-state index in [4.69, 9.17) is 16.3 Å². The Kier molecular flexibility index (Phi) is 5.06. The molecule has 25 heavy (non-hydrogen) atoms. The number of alkyl halides is 1. The standard InChI is InChI=1S/C21H23ClF2O/c1-21(2)8-4-5-18(21)16-9-13(12-22)20(24)11-15(16)17-10-14(25-3)6-7-19(17)23/h6-7,9-11,18H,4-5,8,12H2,1-3H3/t18-/m1/s1. The molecule has 4 heteroatoms. The van der Waals surface area contributed by atoms with E-state index in [-0.39, 0.29) is 23.0 Å². The molecular weight excluding hydrogens is 342 g/mol. The van der Waals surface area contributed by atoms with Crippen LogP contribution in [0.15, 0.2) is 30.3 Å². The van der Waals surface area contributed by atoms with Crippen LogP contribution in [0, 0.1) is 17.0 Å². The Balaban J connectivity index is 2.24. The summed E-state index contributed by atoms with van der Waals surface area (Å²) < 4.78 is 34.3. The number of methoxy groups -OCH3 is 1. The number of rotatable bonds is 4. The quantitative estimate of drug-likeness (QED) is 0.550. The Labute approximate surface area is 153 Å². The van der Waals surface area contributed by atoms with Gasteiger partial charge in [0.1, 0.15) is 17.4 Å². The molecule has 0 aromatic heterocycles. The zero-order valence-electron chi connectivity index (χ0n) is 14.8. The number of hydrogen-bond acceptors (Lipinski definition) is 1. The highest BCUT2D eigenvalue weighted by atomic mass is 35.5. The molecule has 1 saturated carbocycles. The zero-order valence-corrected chi connectivity index (χ0v) is 15.6. The molecule has 0 amide bonds. The van der Waals surface area contributed by atoms with Crippen molar-refractivity contribution in [3.8, 4) is 16.9 Å². The minimum Gasteiger partial charge on any atom is -0.497 e. The smallest absolute Gasteiger partial charge is 0.131 e. The molecule has 3 rings (SSSR count). The first-order chi connectivity index (χ1) is 11.9. The summed E-state index contributed by atoms with van der Waals surface area (Å²) in [7, 11) is 1.54. The third kappa shape index (κ3) is 3.39. The molecule has 0 spiro atoms. The molecule has 134 valence electrons. The molecule has 2 aromatic carbocycles. The lowest BCUT2D eigenvalue weighted by atomic mass is 9.75. The lowest BCUT2D eigenvalue weighted by Gasteiger charge is -2.30. The minimum atomic E-state index is -0.397. The lowest BCUT2D eigenvalue weighted by Crippen LogP contribution is -2.17. The molecule has 1 aliphatic carbocycles. The molecule has 0 N–H and O–H groups in total. The summed E-state index contributed by atoms with van der Waals surface area (Å²) in [6.45, 7) is 4.44. The molecule has 0 heterocycles. The highest BCUT2D eigenvalue weighted by Gasteiger charge is 2.37. The Morgan fingerprint density at radius 2 is 1.88 bits per heavy atom. The van der Waals surface area contributed by atoms with Crippen LogP contribution in [-0.4, -0.2) is 7.11 Å². The van der Waals surface area contributed by atoms with Gasteiger partial charge in [-0.2, -0.15) is 0 Å². The highest BCUT2D eigenvalue weighted by Crippen LogP contribution is 2.51. The molecule has 0 bridgehead atoms. The fourth-order valence-corrected chi connectivity index (χ4v) is 4.21. The summed E-state index contributed by atoms with van der Waals surface area (Å²) in [6, 6.07) is 7.83. The topological polar surface area (TPSA) is 9.23 Å². The van der Waals surface area contributed by atoms with Gasteiger partial charge in [-0.25, -0.2) is 8.78 Å². The first-order valence-electron chi connectivity index (χ1n) is 8.59. The van der Waals surface area contributed by atoms with Crippen LogP contribution in [0.25, 0.3) is 11.1 Å². The SMILES string of the molecule is COc1ccc(F)c(-c2cc(F)c(CCl)cc2[C@H]2CCCC2(C)C)c1. The van der Waals surface area contributed by atoms with Gasteiger partial charge < -0.3 is 4.74 Å². The van der Waals surface area contributed by atoms with E-state index in [1.807, 2.05) is 6.07 Å². The summed E-state index contributed by atoms with van der Waals surface area (Å²) >= 11 is 5.93. The summed E-state index contributed by atoms with van der Waals surface area (Å²) in [5.41, 5.74) is 2.50. The van der Waals surface area contributed by atoms with Crippen molar-refractivity contribution in [1.29, 1.82) is 0 Å². The molecule has 2 aromatic rings. The zero-order chi connectivity index (χ0) is 18.2. The van der Waals surface area contributed by atoms with E-state index in [1.54, 1.807) is 12.1 Å². The molecule has 0 saturated heterocycles. The van der Waals surface area contributed by atoms with E-state index < -0.39 is 5.82 Å². The summed E-state index contributed by atoms with van der Waals surface area (Å²) in [5, 5.41) is 0. The van der Waals surface area contributed by atoms with Gasteiger partial charge in [-0.05, 0) is 59.6 Å². The molecule has 0 radical (unpaired) electrons. The molecular formula is C21H23ClF2O. The summed E-state index contributed by atoms with van der Waals surface area (Å²) in [4.78, 5) is 0. The van der Waals surface area contributed by atoms with Crippen LogP contribution in [0.1, 0.15) is 50.2 Å². The second kappa shape index (κ2) is 6.95. The number of hydrogen-bond donors (Lipinski definition) is 0. The van der Waals surface area contributed by atoms with Crippen LogP contribution in [0.2, 0.25) is 0 Å². The Morgan fingerprint density at radius 1 is 1.12 bits per heavy atom. The Bertz CT molecular complexity index is 786. The molecule has 1 nitrogen and oxygen atoms in total. The van der Waals surface area contributed by atoms with Crippen LogP contribution < -0.4 is 4.74 Å². The maximum absolute atomic E-state index is 14.6. The fraction of sp³-hybridized carbons (Fsp3) is 0.429. The van der Waals surface area contributed by atoms with Crippen LogP contribution in [0.3, 0.4) is 0 Å². The van der Waals surface area contributed by atoms with Crippen molar-refractivity contribution < 1.29 is 13.5 Å². The summed E-state index contributed by atoms with van der Waals surface area (Å²) in [6.07, 6.45) is 3.23. The van der Waals surface area contributed by atoms with Crippen molar-refractivity contribution in [1.82, 2.24) is 0 Å². The van der Waals surface area contributed by atoms with Crippen molar-refractivity contribution >= 4 is 11.6 Å². The van der Waals surface area contributed by atoms with Crippen LogP contribution in [0.5, 0.6) is 5.75 Å². The average Bonchev–Trinajstić information content (AvgIpc) is 2.94. The van der Waals surface area contributed by atoms with Gasteiger partial charge in [0, 0.05) is 11.1 Å². The largest absolute Gasteiger partial charge is 0.497 e. The maximum Gasteiger partial charge on any atom is 0.131 e. The first kappa shape index (κ1) is 18.2. The molecule has 1 aliphatic rings. The van der Waals surface area contributed by atoms with Crippen molar-refractivity contribution in [2.24, 2.45) is 5.41 Å². The third-order valence-electron chi connectivity index (χ3n) is 5.46. The van der Waals surface area contributed by atoms with E-state index >= 15 is 0 Å². The molecule has 0 unspecified atom stereocenters. The van der Waals surface area contributed by atoms with E-state index in [1.165, 1.54) is 19.2 Å².